The maximum atomic E-state index is 12.7. The Hall–Kier alpha value is -1.45. The highest BCUT2D eigenvalue weighted by Crippen LogP contribution is 2.34. The fourth-order valence-corrected chi connectivity index (χ4v) is 5.94. The first kappa shape index (κ1) is 17.9. The topological polar surface area (TPSA) is 90.7 Å². The van der Waals surface area contributed by atoms with Crippen LogP contribution in [-0.4, -0.2) is 78.3 Å². The number of aromatic nitrogens is 2. The highest BCUT2D eigenvalue weighted by atomic mass is 32.2. The summed E-state index contributed by atoms with van der Waals surface area (Å²) in [6.45, 7) is 2.73. The second kappa shape index (κ2) is 6.94. The Morgan fingerprint density at radius 2 is 2.04 bits per heavy atom. The molecule has 4 heterocycles. The molecule has 1 spiro atoms. The Labute approximate surface area is 153 Å². The van der Waals surface area contributed by atoms with Crippen molar-refractivity contribution >= 4 is 15.7 Å². The number of hydrogen-bond donors (Lipinski definition) is 0. The normalized spacial score (nSPS) is 28.0. The summed E-state index contributed by atoms with van der Waals surface area (Å²) in [5.74, 6) is 0.466. The molecule has 3 aliphatic heterocycles. The number of sulfone groups is 1. The van der Waals surface area contributed by atoms with Gasteiger partial charge in [0.15, 0.2) is 9.84 Å². The van der Waals surface area contributed by atoms with Gasteiger partial charge in [0.1, 0.15) is 10.9 Å². The first-order chi connectivity index (χ1) is 12.5. The summed E-state index contributed by atoms with van der Waals surface area (Å²) < 4.78 is 38.4. The Kier molecular flexibility index (Phi) is 4.79. The Morgan fingerprint density at radius 1 is 1.27 bits per heavy atom. The number of carbonyl (C=O) groups is 1. The number of hydrogen-bond acceptors (Lipinski definition) is 6. The smallest absolute Gasteiger partial charge is 0.223 e. The minimum atomic E-state index is -3.27. The van der Waals surface area contributed by atoms with Crippen LogP contribution in [0, 0.1) is 5.92 Å². The zero-order valence-corrected chi connectivity index (χ0v) is 15.6. The molecule has 0 bridgehead atoms. The molecule has 0 aromatic carbocycles. The van der Waals surface area contributed by atoms with Crippen molar-refractivity contribution in [1.29, 1.82) is 0 Å². The molecule has 1 amide bonds. The molecule has 3 aliphatic rings. The molecule has 8 nitrogen and oxygen atoms in total. The van der Waals surface area contributed by atoms with Crippen molar-refractivity contribution in [2.45, 2.75) is 36.7 Å². The molecule has 4 rings (SSSR count). The molecule has 1 atom stereocenters. The monoisotopic (exact) mass is 383 g/mol. The van der Waals surface area contributed by atoms with Crippen LogP contribution in [0.2, 0.25) is 0 Å². The van der Waals surface area contributed by atoms with E-state index >= 15 is 0 Å². The van der Waals surface area contributed by atoms with Crippen LogP contribution in [0.3, 0.4) is 0 Å². The number of rotatable bonds is 4. The molecule has 0 radical (unpaired) electrons. The lowest BCUT2D eigenvalue weighted by Gasteiger charge is -2.52. The molecule has 0 N–H and O–H groups in total. The average molecular weight is 383 g/mol. The lowest BCUT2D eigenvalue weighted by molar-refractivity contribution is -0.166. The maximum Gasteiger partial charge on any atom is 0.223 e. The minimum Gasteiger partial charge on any atom is -0.381 e. The SMILES string of the molecule is O=C(CC1CCOCC1)N1CC2(C1)CS(=O)(=O)[C@@H](Cn1ccnc1)CO2. The van der Waals surface area contributed by atoms with Gasteiger partial charge in [0.25, 0.3) is 0 Å². The van der Waals surface area contributed by atoms with E-state index in [9.17, 15) is 13.2 Å². The predicted molar refractivity (Wildman–Crippen MR) is 93.2 cm³/mol. The number of likely N-dealkylation sites (tertiary alicyclic amines) is 1. The van der Waals surface area contributed by atoms with Crippen molar-refractivity contribution in [3.05, 3.63) is 18.7 Å². The Bertz CT molecular complexity index is 736. The van der Waals surface area contributed by atoms with E-state index in [1.807, 2.05) is 0 Å². The lowest BCUT2D eigenvalue weighted by Crippen LogP contribution is -2.70. The third-order valence-electron chi connectivity index (χ3n) is 5.64. The van der Waals surface area contributed by atoms with Crippen molar-refractivity contribution in [3.63, 3.8) is 0 Å². The van der Waals surface area contributed by atoms with E-state index < -0.39 is 20.7 Å². The number of imidazole rings is 1. The quantitative estimate of drug-likeness (QED) is 0.732. The molecular formula is C17H25N3O5S. The Balaban J connectivity index is 1.31. The van der Waals surface area contributed by atoms with Crippen molar-refractivity contribution in [3.8, 4) is 0 Å². The predicted octanol–water partition coefficient (Wildman–Crippen LogP) is 0.0944. The molecule has 1 aromatic rings. The second-order valence-corrected chi connectivity index (χ2v) is 9.97. The van der Waals surface area contributed by atoms with Crippen molar-refractivity contribution in [2.24, 2.45) is 5.92 Å². The summed E-state index contributed by atoms with van der Waals surface area (Å²) in [6.07, 6.45) is 7.36. The molecule has 0 aliphatic carbocycles. The zero-order valence-electron chi connectivity index (χ0n) is 14.7. The van der Waals surface area contributed by atoms with E-state index in [0.29, 0.717) is 32.0 Å². The number of ether oxygens (including phenoxy) is 2. The van der Waals surface area contributed by atoms with Crippen LogP contribution in [-0.2, 0) is 30.7 Å². The summed E-state index contributed by atoms with van der Waals surface area (Å²) in [6, 6.07) is 0. The molecular weight excluding hydrogens is 358 g/mol. The van der Waals surface area contributed by atoms with Gasteiger partial charge in [0.2, 0.25) is 5.91 Å². The average Bonchev–Trinajstić information content (AvgIpc) is 3.08. The Morgan fingerprint density at radius 3 is 2.69 bits per heavy atom. The van der Waals surface area contributed by atoms with Crippen molar-refractivity contribution in [1.82, 2.24) is 14.5 Å². The zero-order chi connectivity index (χ0) is 18.2. The van der Waals surface area contributed by atoms with Gasteiger partial charge in [-0.1, -0.05) is 0 Å². The molecule has 0 saturated carbocycles. The van der Waals surface area contributed by atoms with Gasteiger partial charge in [0, 0.05) is 38.6 Å². The van der Waals surface area contributed by atoms with Crippen molar-refractivity contribution < 1.29 is 22.7 Å². The number of nitrogens with zero attached hydrogens (tertiary/aromatic N) is 3. The van der Waals surface area contributed by atoms with E-state index in [-0.39, 0.29) is 18.3 Å². The van der Waals surface area contributed by atoms with Crippen molar-refractivity contribution in [2.75, 3.05) is 38.7 Å². The van der Waals surface area contributed by atoms with E-state index in [0.717, 1.165) is 26.1 Å². The van der Waals surface area contributed by atoms with E-state index in [2.05, 4.69) is 4.98 Å². The van der Waals surface area contributed by atoms with Gasteiger partial charge in [-0.3, -0.25) is 4.79 Å². The van der Waals surface area contributed by atoms with Gasteiger partial charge in [-0.25, -0.2) is 13.4 Å². The number of amides is 1. The van der Waals surface area contributed by atoms with Gasteiger partial charge in [0.05, 0.1) is 31.8 Å². The summed E-state index contributed by atoms with van der Waals surface area (Å²) >= 11 is 0. The third kappa shape index (κ3) is 3.65. The fourth-order valence-electron chi connectivity index (χ4n) is 4.03. The standard InChI is InChI=1S/C17H25N3O5S/c21-16(7-14-1-5-24-6-2-14)20-10-17(11-20)12-26(22,23)15(9-25-17)8-19-4-3-18-13-19/h3-4,13-15H,1-2,5-12H2/t15-/m0/s1. The summed E-state index contributed by atoms with van der Waals surface area (Å²) in [5, 5.41) is -0.561. The van der Waals surface area contributed by atoms with Crippen LogP contribution < -0.4 is 0 Å². The van der Waals surface area contributed by atoms with Crippen LogP contribution in [0.4, 0.5) is 0 Å². The van der Waals surface area contributed by atoms with E-state index in [4.69, 9.17) is 9.47 Å². The molecule has 3 fully saturated rings. The van der Waals surface area contributed by atoms with E-state index in [1.165, 1.54) is 0 Å². The van der Waals surface area contributed by atoms with Crippen LogP contribution in [0.25, 0.3) is 0 Å². The molecule has 1 aromatic heterocycles. The minimum absolute atomic E-state index is 0.0135. The van der Waals surface area contributed by atoms with Crippen LogP contribution in [0.5, 0.6) is 0 Å². The molecule has 144 valence electrons. The van der Waals surface area contributed by atoms with Gasteiger partial charge in [-0.15, -0.1) is 0 Å². The van der Waals surface area contributed by atoms with Gasteiger partial charge >= 0.3 is 0 Å². The molecule has 26 heavy (non-hydrogen) atoms. The fraction of sp³-hybridized carbons (Fsp3) is 0.765. The van der Waals surface area contributed by atoms with Crippen LogP contribution >= 0.6 is 0 Å². The maximum absolute atomic E-state index is 12.7. The van der Waals surface area contributed by atoms with Crippen LogP contribution in [0.1, 0.15) is 19.3 Å². The first-order valence-electron chi connectivity index (χ1n) is 9.13. The van der Waals surface area contributed by atoms with Gasteiger partial charge in [-0.2, -0.15) is 0 Å². The first-order valence-corrected chi connectivity index (χ1v) is 10.8. The molecule has 0 unspecified atom stereocenters. The lowest BCUT2D eigenvalue weighted by atomic mass is 9.91. The summed E-state index contributed by atoms with van der Waals surface area (Å²) in [7, 11) is -3.27. The largest absolute Gasteiger partial charge is 0.381 e. The number of carbonyl (C=O) groups excluding carboxylic acids is 1. The molecule has 9 heteroatoms. The third-order valence-corrected chi connectivity index (χ3v) is 7.87. The van der Waals surface area contributed by atoms with Gasteiger partial charge in [-0.05, 0) is 18.8 Å². The van der Waals surface area contributed by atoms with Crippen LogP contribution in [0.15, 0.2) is 18.7 Å². The summed E-state index contributed by atoms with van der Waals surface area (Å²) in [4.78, 5) is 18.1. The van der Waals surface area contributed by atoms with E-state index in [1.54, 1.807) is 28.2 Å². The highest BCUT2D eigenvalue weighted by Gasteiger charge is 2.53. The molecule has 3 saturated heterocycles. The van der Waals surface area contributed by atoms with Gasteiger partial charge < -0.3 is 18.9 Å². The second-order valence-electron chi connectivity index (χ2n) is 7.69. The highest BCUT2D eigenvalue weighted by molar-refractivity contribution is 7.92. The summed E-state index contributed by atoms with van der Waals surface area (Å²) in [5.41, 5.74) is -0.713.